The smallest absolute Gasteiger partial charge is 0.0419 e. The number of hydrogen-bond donors (Lipinski definition) is 2. The Hall–Kier alpha value is -1.06. The molecule has 0 bridgehead atoms. The minimum Gasteiger partial charge on any atom is -0.384 e. The lowest BCUT2D eigenvalue weighted by Crippen LogP contribution is -2.34. The Morgan fingerprint density at radius 3 is 3.00 bits per heavy atom. The molecule has 1 aromatic rings. The van der Waals surface area contributed by atoms with Gasteiger partial charge >= 0.3 is 0 Å². The molecule has 19 heavy (non-hydrogen) atoms. The van der Waals surface area contributed by atoms with Crippen LogP contribution in [0.5, 0.6) is 0 Å². The van der Waals surface area contributed by atoms with E-state index in [1.54, 1.807) is 0 Å². The topological polar surface area (TPSA) is 27.3 Å². The standard InChI is InChI=1S/C16H25N3/c1-19-9-6-13(7-10-19)11-17-12-15-4-2-3-14-5-8-18-16(14)15/h2-4,13,17-18H,5-12H2,1H3. The van der Waals surface area contributed by atoms with Gasteiger partial charge in [-0.25, -0.2) is 0 Å². The van der Waals surface area contributed by atoms with Crippen LogP contribution in [-0.2, 0) is 13.0 Å². The number of fused-ring (bicyclic) bond motifs is 1. The van der Waals surface area contributed by atoms with Gasteiger partial charge in [-0.05, 0) is 63.0 Å². The summed E-state index contributed by atoms with van der Waals surface area (Å²) < 4.78 is 0. The van der Waals surface area contributed by atoms with Crippen LogP contribution < -0.4 is 10.6 Å². The average molecular weight is 259 g/mol. The van der Waals surface area contributed by atoms with Gasteiger partial charge < -0.3 is 15.5 Å². The molecule has 2 aliphatic rings. The van der Waals surface area contributed by atoms with Crippen LogP contribution in [0.15, 0.2) is 18.2 Å². The highest BCUT2D eigenvalue weighted by Crippen LogP contribution is 2.26. The van der Waals surface area contributed by atoms with Gasteiger partial charge in [-0.15, -0.1) is 0 Å². The van der Waals surface area contributed by atoms with Gasteiger partial charge in [0.1, 0.15) is 0 Å². The maximum absolute atomic E-state index is 3.66. The van der Waals surface area contributed by atoms with Crippen molar-refractivity contribution >= 4 is 5.69 Å². The molecule has 0 saturated carbocycles. The van der Waals surface area contributed by atoms with Crippen LogP contribution in [0, 0.1) is 5.92 Å². The zero-order chi connectivity index (χ0) is 13.1. The van der Waals surface area contributed by atoms with Gasteiger partial charge in [0, 0.05) is 18.8 Å². The molecule has 0 amide bonds. The zero-order valence-electron chi connectivity index (χ0n) is 11.9. The fourth-order valence-electron chi connectivity index (χ4n) is 3.24. The maximum Gasteiger partial charge on any atom is 0.0419 e. The Morgan fingerprint density at radius 2 is 2.16 bits per heavy atom. The number of nitrogens with zero attached hydrogens (tertiary/aromatic N) is 1. The third-order valence-corrected chi connectivity index (χ3v) is 4.52. The second-order valence-electron chi connectivity index (χ2n) is 6.01. The molecule has 0 aromatic heterocycles. The number of hydrogen-bond acceptors (Lipinski definition) is 3. The number of likely N-dealkylation sites (tertiary alicyclic amines) is 1. The van der Waals surface area contributed by atoms with Crippen LogP contribution in [0.4, 0.5) is 5.69 Å². The molecule has 0 atom stereocenters. The first kappa shape index (κ1) is 12.9. The minimum atomic E-state index is 0.862. The van der Waals surface area contributed by atoms with E-state index >= 15 is 0 Å². The summed E-state index contributed by atoms with van der Waals surface area (Å²) in [6.07, 6.45) is 3.86. The molecule has 1 aromatic carbocycles. The third-order valence-electron chi connectivity index (χ3n) is 4.52. The van der Waals surface area contributed by atoms with Gasteiger partial charge in [0.05, 0.1) is 0 Å². The number of piperidine rings is 1. The molecule has 0 radical (unpaired) electrons. The zero-order valence-corrected chi connectivity index (χ0v) is 11.9. The molecule has 0 spiro atoms. The molecule has 2 heterocycles. The van der Waals surface area contributed by atoms with Crippen molar-refractivity contribution in [2.24, 2.45) is 5.92 Å². The highest BCUT2D eigenvalue weighted by Gasteiger charge is 2.17. The lowest BCUT2D eigenvalue weighted by Gasteiger charge is -2.29. The van der Waals surface area contributed by atoms with E-state index < -0.39 is 0 Å². The van der Waals surface area contributed by atoms with Gasteiger partial charge in [0.15, 0.2) is 0 Å². The summed E-state index contributed by atoms with van der Waals surface area (Å²) in [5.74, 6) is 0.862. The van der Waals surface area contributed by atoms with Crippen LogP contribution >= 0.6 is 0 Å². The second kappa shape index (κ2) is 5.93. The molecule has 3 nitrogen and oxygen atoms in total. The van der Waals surface area contributed by atoms with Crippen molar-refractivity contribution in [3.63, 3.8) is 0 Å². The van der Waals surface area contributed by atoms with Crippen molar-refractivity contribution in [1.82, 2.24) is 10.2 Å². The van der Waals surface area contributed by atoms with Gasteiger partial charge in [0.25, 0.3) is 0 Å². The van der Waals surface area contributed by atoms with E-state index in [0.717, 1.165) is 25.6 Å². The number of rotatable bonds is 4. The fourth-order valence-corrected chi connectivity index (χ4v) is 3.24. The number of anilines is 1. The first-order chi connectivity index (χ1) is 9.33. The van der Waals surface area contributed by atoms with E-state index in [-0.39, 0.29) is 0 Å². The Balaban J connectivity index is 1.49. The van der Waals surface area contributed by atoms with Crippen LogP contribution in [0.1, 0.15) is 24.0 Å². The molecule has 1 fully saturated rings. The van der Waals surface area contributed by atoms with Crippen molar-refractivity contribution in [2.75, 3.05) is 38.5 Å². The van der Waals surface area contributed by atoms with E-state index in [0.29, 0.717) is 0 Å². The summed E-state index contributed by atoms with van der Waals surface area (Å²) in [6, 6.07) is 6.69. The Kier molecular flexibility index (Phi) is 4.04. The molecule has 2 N–H and O–H groups in total. The van der Waals surface area contributed by atoms with E-state index in [9.17, 15) is 0 Å². The summed E-state index contributed by atoms with van der Waals surface area (Å²) in [7, 11) is 2.22. The first-order valence-electron chi connectivity index (χ1n) is 7.57. The van der Waals surface area contributed by atoms with Gasteiger partial charge in [-0.3, -0.25) is 0 Å². The highest BCUT2D eigenvalue weighted by atomic mass is 15.1. The highest BCUT2D eigenvalue weighted by molar-refractivity contribution is 5.61. The average Bonchev–Trinajstić information content (AvgIpc) is 2.90. The lowest BCUT2D eigenvalue weighted by molar-refractivity contribution is 0.216. The van der Waals surface area contributed by atoms with Crippen LogP contribution in [0.3, 0.4) is 0 Å². The summed E-state index contributed by atoms with van der Waals surface area (Å²) in [5, 5.41) is 7.17. The summed E-state index contributed by atoms with van der Waals surface area (Å²) >= 11 is 0. The van der Waals surface area contributed by atoms with E-state index in [1.807, 2.05) is 0 Å². The Bertz CT molecular complexity index is 422. The van der Waals surface area contributed by atoms with Crippen LogP contribution in [0.25, 0.3) is 0 Å². The second-order valence-corrected chi connectivity index (χ2v) is 6.01. The third kappa shape index (κ3) is 3.10. The van der Waals surface area contributed by atoms with Crippen molar-refractivity contribution < 1.29 is 0 Å². The normalized spacial score (nSPS) is 20.3. The van der Waals surface area contributed by atoms with Gasteiger partial charge in [-0.1, -0.05) is 18.2 Å². The molecule has 2 aliphatic heterocycles. The van der Waals surface area contributed by atoms with Gasteiger partial charge in [0.2, 0.25) is 0 Å². The fraction of sp³-hybridized carbons (Fsp3) is 0.625. The van der Waals surface area contributed by atoms with Gasteiger partial charge in [-0.2, -0.15) is 0 Å². The molecular weight excluding hydrogens is 234 g/mol. The molecule has 3 heteroatoms. The van der Waals surface area contributed by atoms with Crippen LogP contribution in [-0.4, -0.2) is 38.1 Å². The van der Waals surface area contributed by atoms with Crippen molar-refractivity contribution in [3.8, 4) is 0 Å². The SMILES string of the molecule is CN1CCC(CNCc2cccc3c2NCC3)CC1. The molecule has 0 unspecified atom stereocenters. The molecule has 0 aliphatic carbocycles. The summed E-state index contributed by atoms with van der Waals surface area (Å²) in [4.78, 5) is 2.44. The molecule has 104 valence electrons. The predicted molar refractivity (Wildman–Crippen MR) is 80.6 cm³/mol. The number of para-hydroxylation sites is 1. The van der Waals surface area contributed by atoms with Crippen molar-refractivity contribution in [3.05, 3.63) is 29.3 Å². The minimum absolute atomic E-state index is 0.862. The quantitative estimate of drug-likeness (QED) is 0.867. The van der Waals surface area contributed by atoms with E-state index in [2.05, 4.69) is 40.8 Å². The molecule has 1 saturated heterocycles. The van der Waals surface area contributed by atoms with E-state index in [1.165, 1.54) is 49.2 Å². The summed E-state index contributed by atoms with van der Waals surface area (Å²) in [5.41, 5.74) is 4.31. The maximum atomic E-state index is 3.66. The Morgan fingerprint density at radius 1 is 1.32 bits per heavy atom. The number of nitrogens with one attached hydrogen (secondary N) is 2. The summed E-state index contributed by atoms with van der Waals surface area (Å²) in [6.45, 7) is 5.78. The number of benzene rings is 1. The predicted octanol–water partition coefficient (Wildman–Crippen LogP) is 2.09. The lowest BCUT2D eigenvalue weighted by atomic mass is 9.97. The Labute approximate surface area is 116 Å². The van der Waals surface area contributed by atoms with Crippen molar-refractivity contribution in [2.45, 2.75) is 25.8 Å². The largest absolute Gasteiger partial charge is 0.384 e. The van der Waals surface area contributed by atoms with Crippen molar-refractivity contribution in [1.29, 1.82) is 0 Å². The van der Waals surface area contributed by atoms with E-state index in [4.69, 9.17) is 0 Å². The van der Waals surface area contributed by atoms with Crippen LogP contribution in [0.2, 0.25) is 0 Å². The molecular formula is C16H25N3. The monoisotopic (exact) mass is 259 g/mol. The molecule has 3 rings (SSSR count). The first-order valence-corrected chi connectivity index (χ1v) is 7.57.